The van der Waals surface area contributed by atoms with Crippen LogP contribution < -0.4 is 4.74 Å². The summed E-state index contributed by atoms with van der Waals surface area (Å²) in [5.41, 5.74) is 1.32. The fourth-order valence-electron chi connectivity index (χ4n) is 3.26. The number of likely N-dealkylation sites (tertiary alicyclic amines) is 1. The topological polar surface area (TPSA) is 34.6 Å². The smallest absolute Gasteiger partial charge is 0.119 e. The van der Waals surface area contributed by atoms with E-state index in [-0.39, 0.29) is 17.8 Å². The summed E-state index contributed by atoms with van der Waals surface area (Å²) in [4.78, 5) is 6.69. The molecule has 1 aliphatic heterocycles. The van der Waals surface area contributed by atoms with Crippen LogP contribution >= 0.6 is 12.4 Å². The van der Waals surface area contributed by atoms with Crippen molar-refractivity contribution in [2.45, 2.75) is 19.9 Å². The lowest BCUT2D eigenvalue weighted by molar-refractivity contribution is 0.0234. The summed E-state index contributed by atoms with van der Waals surface area (Å²) in [6.45, 7) is 7.24. The van der Waals surface area contributed by atoms with Gasteiger partial charge in [0.15, 0.2) is 0 Å². The van der Waals surface area contributed by atoms with Crippen LogP contribution in [0.5, 0.6) is 5.75 Å². The van der Waals surface area contributed by atoms with Gasteiger partial charge in [-0.05, 0) is 43.7 Å². The average molecular weight is 363 g/mol. The maximum atomic E-state index is 6.07. The van der Waals surface area contributed by atoms with E-state index in [1.54, 1.807) is 0 Å². The first-order chi connectivity index (χ1) is 11.8. The predicted molar refractivity (Wildman–Crippen MR) is 102 cm³/mol. The second kappa shape index (κ2) is 9.76. The van der Waals surface area contributed by atoms with Gasteiger partial charge in [-0.15, -0.1) is 12.4 Å². The van der Waals surface area contributed by atoms with E-state index in [1.807, 2.05) is 55.7 Å². The zero-order valence-electron chi connectivity index (χ0n) is 14.8. The minimum atomic E-state index is 0. The predicted octanol–water partition coefficient (Wildman–Crippen LogP) is 3.81. The first kappa shape index (κ1) is 19.7. The van der Waals surface area contributed by atoms with Crippen molar-refractivity contribution in [3.05, 3.63) is 60.4 Å². The van der Waals surface area contributed by atoms with Crippen molar-refractivity contribution in [3.8, 4) is 5.75 Å². The van der Waals surface area contributed by atoms with Crippen LogP contribution in [0.25, 0.3) is 0 Å². The molecular weight excluding hydrogens is 336 g/mol. The van der Waals surface area contributed by atoms with Gasteiger partial charge >= 0.3 is 0 Å². The summed E-state index contributed by atoms with van der Waals surface area (Å²) >= 11 is 0. The first-order valence-corrected chi connectivity index (χ1v) is 8.66. The number of pyridine rings is 1. The number of ether oxygens (including phenoxy) is 2. The molecule has 0 N–H and O–H groups in total. The lowest BCUT2D eigenvalue weighted by atomic mass is 9.89. The molecule has 0 radical (unpaired) electrons. The van der Waals surface area contributed by atoms with Crippen molar-refractivity contribution in [2.24, 2.45) is 5.41 Å². The van der Waals surface area contributed by atoms with Crippen molar-refractivity contribution in [1.29, 1.82) is 0 Å². The summed E-state index contributed by atoms with van der Waals surface area (Å²) < 4.78 is 11.9. The molecule has 5 heteroatoms. The van der Waals surface area contributed by atoms with Crippen LogP contribution in [0.1, 0.15) is 18.9 Å². The van der Waals surface area contributed by atoms with Gasteiger partial charge in [0.05, 0.1) is 13.2 Å². The largest absolute Gasteiger partial charge is 0.493 e. The Bertz CT molecular complexity index is 612. The van der Waals surface area contributed by atoms with Crippen LogP contribution in [0.15, 0.2) is 54.9 Å². The first-order valence-electron chi connectivity index (χ1n) is 8.66. The SMILES string of the molecule is CCOC[C@@]1(COc2ccccc2)CCN(Cc2cccnc2)C1.Cl. The highest BCUT2D eigenvalue weighted by Crippen LogP contribution is 2.32. The van der Waals surface area contributed by atoms with Gasteiger partial charge in [0, 0.05) is 37.5 Å². The Morgan fingerprint density at radius 3 is 2.68 bits per heavy atom. The normalized spacial score (nSPS) is 20.2. The third kappa shape index (κ3) is 5.70. The molecule has 0 saturated carbocycles. The number of benzene rings is 1. The minimum absolute atomic E-state index is 0. The number of aromatic nitrogens is 1. The van der Waals surface area contributed by atoms with Crippen LogP contribution in [0.3, 0.4) is 0 Å². The van der Waals surface area contributed by atoms with Crippen molar-refractivity contribution >= 4 is 12.4 Å². The molecule has 1 aromatic heterocycles. The Morgan fingerprint density at radius 1 is 1.12 bits per heavy atom. The van der Waals surface area contributed by atoms with Gasteiger partial charge in [0.2, 0.25) is 0 Å². The lowest BCUT2D eigenvalue weighted by Crippen LogP contribution is -2.37. The van der Waals surface area contributed by atoms with Gasteiger partial charge in [-0.2, -0.15) is 0 Å². The number of halogens is 1. The molecule has 2 aromatic rings. The fraction of sp³-hybridized carbons (Fsp3) is 0.450. The van der Waals surface area contributed by atoms with Gasteiger partial charge < -0.3 is 9.47 Å². The van der Waals surface area contributed by atoms with Crippen molar-refractivity contribution in [2.75, 3.05) is 32.9 Å². The second-order valence-electron chi connectivity index (χ2n) is 6.56. The van der Waals surface area contributed by atoms with Crippen molar-refractivity contribution in [3.63, 3.8) is 0 Å². The Morgan fingerprint density at radius 2 is 1.96 bits per heavy atom. The van der Waals surface area contributed by atoms with E-state index in [9.17, 15) is 0 Å². The van der Waals surface area contributed by atoms with Crippen LogP contribution in [0.4, 0.5) is 0 Å². The Labute approximate surface area is 156 Å². The highest BCUT2D eigenvalue weighted by Gasteiger charge is 2.39. The molecule has 1 aliphatic rings. The maximum absolute atomic E-state index is 6.07. The Hall–Kier alpha value is -1.62. The van der Waals surface area contributed by atoms with E-state index < -0.39 is 0 Å². The zero-order chi connectivity index (χ0) is 16.7. The number of rotatable bonds is 8. The van der Waals surface area contributed by atoms with E-state index in [1.165, 1.54) is 5.56 Å². The summed E-state index contributed by atoms with van der Waals surface area (Å²) in [7, 11) is 0. The molecule has 1 atom stereocenters. The van der Waals surface area contributed by atoms with Crippen LogP contribution in [0, 0.1) is 5.41 Å². The van der Waals surface area contributed by atoms with E-state index in [4.69, 9.17) is 9.47 Å². The molecule has 3 rings (SSSR count). The molecule has 0 unspecified atom stereocenters. The quantitative estimate of drug-likeness (QED) is 0.715. The zero-order valence-corrected chi connectivity index (χ0v) is 15.6. The molecule has 25 heavy (non-hydrogen) atoms. The van der Waals surface area contributed by atoms with Gasteiger partial charge in [0.1, 0.15) is 5.75 Å². The molecule has 1 saturated heterocycles. The average Bonchev–Trinajstić information content (AvgIpc) is 3.03. The summed E-state index contributed by atoms with van der Waals surface area (Å²) in [6, 6.07) is 14.2. The molecule has 0 spiro atoms. The van der Waals surface area contributed by atoms with Crippen LogP contribution in [-0.2, 0) is 11.3 Å². The number of hydrogen-bond acceptors (Lipinski definition) is 4. The molecule has 136 valence electrons. The molecular formula is C20H27ClN2O2. The molecule has 1 fully saturated rings. The highest BCUT2D eigenvalue weighted by atomic mass is 35.5. The Kier molecular flexibility index (Phi) is 7.69. The third-order valence-electron chi connectivity index (χ3n) is 4.55. The van der Waals surface area contributed by atoms with E-state index >= 15 is 0 Å². The lowest BCUT2D eigenvalue weighted by Gasteiger charge is -2.29. The van der Waals surface area contributed by atoms with Gasteiger partial charge in [-0.3, -0.25) is 9.88 Å². The molecule has 2 heterocycles. The standard InChI is InChI=1S/C20H26N2O2.ClH/c1-2-23-16-20(17-24-19-8-4-3-5-9-19)10-12-22(15-20)14-18-7-6-11-21-13-18;/h3-9,11,13H,2,10,12,14-17H2,1H3;1H/t20-;/m1./s1. The van der Waals surface area contributed by atoms with E-state index in [0.29, 0.717) is 6.61 Å². The van der Waals surface area contributed by atoms with Gasteiger partial charge in [-0.1, -0.05) is 24.3 Å². The number of nitrogens with zero attached hydrogens (tertiary/aromatic N) is 2. The van der Waals surface area contributed by atoms with Crippen molar-refractivity contribution in [1.82, 2.24) is 9.88 Å². The van der Waals surface area contributed by atoms with E-state index in [0.717, 1.165) is 45.0 Å². The fourth-order valence-corrected chi connectivity index (χ4v) is 3.26. The monoisotopic (exact) mass is 362 g/mol. The van der Waals surface area contributed by atoms with Crippen LogP contribution in [-0.4, -0.2) is 42.8 Å². The molecule has 0 bridgehead atoms. The molecule has 4 nitrogen and oxygen atoms in total. The summed E-state index contributed by atoms with van der Waals surface area (Å²) in [6.07, 6.45) is 4.86. The van der Waals surface area contributed by atoms with Gasteiger partial charge in [0.25, 0.3) is 0 Å². The highest BCUT2D eigenvalue weighted by molar-refractivity contribution is 5.85. The molecule has 0 aliphatic carbocycles. The minimum Gasteiger partial charge on any atom is -0.493 e. The van der Waals surface area contributed by atoms with E-state index in [2.05, 4.69) is 16.0 Å². The summed E-state index contributed by atoms with van der Waals surface area (Å²) in [5, 5.41) is 0. The second-order valence-corrected chi connectivity index (χ2v) is 6.56. The number of para-hydroxylation sites is 1. The summed E-state index contributed by atoms with van der Waals surface area (Å²) in [5.74, 6) is 0.930. The maximum Gasteiger partial charge on any atom is 0.119 e. The Balaban J connectivity index is 0.00000225. The number of hydrogen-bond donors (Lipinski definition) is 0. The van der Waals surface area contributed by atoms with Gasteiger partial charge in [-0.25, -0.2) is 0 Å². The van der Waals surface area contributed by atoms with Crippen LogP contribution in [0.2, 0.25) is 0 Å². The molecule has 1 aromatic carbocycles. The van der Waals surface area contributed by atoms with Crippen molar-refractivity contribution < 1.29 is 9.47 Å². The molecule has 0 amide bonds. The third-order valence-corrected chi connectivity index (χ3v) is 4.55.